The van der Waals surface area contributed by atoms with E-state index in [1.807, 2.05) is 67.8 Å². The van der Waals surface area contributed by atoms with E-state index in [1.165, 1.54) is 11.1 Å². The molecule has 146 valence electrons. The quantitative estimate of drug-likeness (QED) is 0.541. The van der Waals surface area contributed by atoms with Crippen LogP contribution in [0.1, 0.15) is 21.5 Å². The number of anilines is 2. The summed E-state index contributed by atoms with van der Waals surface area (Å²) in [6.07, 6.45) is 1.81. The third-order valence-corrected chi connectivity index (χ3v) is 5.06. The van der Waals surface area contributed by atoms with Crippen LogP contribution in [0.5, 0.6) is 0 Å². The number of rotatable bonds is 4. The lowest BCUT2D eigenvalue weighted by Crippen LogP contribution is -2.12. The molecule has 0 aliphatic carbocycles. The summed E-state index contributed by atoms with van der Waals surface area (Å²) in [4.78, 5) is 19.2. The minimum atomic E-state index is -0.148. The summed E-state index contributed by atoms with van der Waals surface area (Å²) in [6, 6.07) is 19.7. The maximum Gasteiger partial charge on any atom is 0.255 e. The fourth-order valence-corrected chi connectivity index (χ4v) is 3.47. The number of benzene rings is 3. The van der Waals surface area contributed by atoms with E-state index in [0.29, 0.717) is 5.56 Å². The molecule has 0 saturated carbocycles. The smallest absolute Gasteiger partial charge is 0.255 e. The van der Waals surface area contributed by atoms with Crippen molar-refractivity contribution in [1.82, 2.24) is 9.55 Å². The largest absolute Gasteiger partial charge is 0.378 e. The maximum atomic E-state index is 12.7. The maximum absolute atomic E-state index is 12.7. The number of carbonyl (C=O) groups is 1. The molecule has 0 fully saturated rings. The standard InChI is InChI=1S/C24H24N4O/c1-16-5-11-22(17(2)13-16)28-15-25-21-14-18(6-12-23(21)28)24(29)26-19-7-9-20(10-8-19)27(3)4/h5-15H,1-4H3,(H,26,29). The lowest BCUT2D eigenvalue weighted by atomic mass is 10.1. The Labute approximate surface area is 170 Å². The second-order valence-corrected chi connectivity index (χ2v) is 7.50. The number of imidazole rings is 1. The third kappa shape index (κ3) is 3.72. The Kier molecular flexibility index (Phi) is 4.80. The van der Waals surface area contributed by atoms with Gasteiger partial charge in [0.15, 0.2) is 0 Å². The van der Waals surface area contributed by atoms with E-state index in [9.17, 15) is 4.79 Å². The van der Waals surface area contributed by atoms with Gasteiger partial charge in [0.25, 0.3) is 5.91 Å². The van der Waals surface area contributed by atoms with Gasteiger partial charge in [-0.3, -0.25) is 9.36 Å². The first-order chi connectivity index (χ1) is 13.9. The van der Waals surface area contributed by atoms with Crippen LogP contribution >= 0.6 is 0 Å². The molecule has 1 N–H and O–H groups in total. The van der Waals surface area contributed by atoms with Crippen LogP contribution in [0.3, 0.4) is 0 Å². The number of carbonyl (C=O) groups excluding carboxylic acids is 1. The van der Waals surface area contributed by atoms with Gasteiger partial charge in [-0.05, 0) is 67.9 Å². The summed E-state index contributed by atoms with van der Waals surface area (Å²) in [6.45, 7) is 4.18. The van der Waals surface area contributed by atoms with E-state index in [2.05, 4.69) is 46.9 Å². The van der Waals surface area contributed by atoms with Gasteiger partial charge in [-0.25, -0.2) is 4.98 Å². The molecule has 0 bridgehead atoms. The number of amides is 1. The summed E-state index contributed by atoms with van der Waals surface area (Å²) >= 11 is 0. The van der Waals surface area contributed by atoms with Gasteiger partial charge in [0.2, 0.25) is 0 Å². The average molecular weight is 384 g/mol. The monoisotopic (exact) mass is 384 g/mol. The number of aromatic nitrogens is 2. The summed E-state index contributed by atoms with van der Waals surface area (Å²) in [7, 11) is 3.97. The molecule has 5 heteroatoms. The first-order valence-corrected chi connectivity index (χ1v) is 9.56. The molecular weight excluding hydrogens is 360 g/mol. The minimum Gasteiger partial charge on any atom is -0.378 e. The Bertz CT molecular complexity index is 1190. The molecule has 0 atom stereocenters. The molecule has 1 amide bonds. The van der Waals surface area contributed by atoms with Crippen LogP contribution in [0, 0.1) is 13.8 Å². The molecule has 4 aromatic rings. The van der Waals surface area contributed by atoms with E-state index in [0.717, 1.165) is 28.1 Å². The van der Waals surface area contributed by atoms with Crippen LogP contribution in [0.2, 0.25) is 0 Å². The van der Waals surface area contributed by atoms with Gasteiger partial charge >= 0.3 is 0 Å². The zero-order chi connectivity index (χ0) is 20.5. The average Bonchev–Trinajstić information content (AvgIpc) is 3.11. The highest BCUT2D eigenvalue weighted by molar-refractivity contribution is 6.06. The molecule has 29 heavy (non-hydrogen) atoms. The van der Waals surface area contributed by atoms with Crippen molar-refractivity contribution >= 4 is 28.3 Å². The van der Waals surface area contributed by atoms with E-state index in [4.69, 9.17) is 0 Å². The van der Waals surface area contributed by atoms with Crippen LogP contribution < -0.4 is 10.2 Å². The van der Waals surface area contributed by atoms with Crippen molar-refractivity contribution in [3.63, 3.8) is 0 Å². The number of nitrogens with one attached hydrogen (secondary N) is 1. The summed E-state index contributed by atoms with van der Waals surface area (Å²) < 4.78 is 2.06. The molecule has 1 aromatic heterocycles. The van der Waals surface area contributed by atoms with Crippen LogP contribution in [0.15, 0.2) is 67.0 Å². The second kappa shape index (κ2) is 7.43. The highest BCUT2D eigenvalue weighted by Gasteiger charge is 2.12. The van der Waals surface area contributed by atoms with Crippen LogP contribution in [-0.2, 0) is 0 Å². The molecule has 0 aliphatic rings. The Morgan fingerprint density at radius 2 is 1.72 bits per heavy atom. The van der Waals surface area contributed by atoms with Gasteiger partial charge < -0.3 is 10.2 Å². The molecule has 5 nitrogen and oxygen atoms in total. The molecule has 1 heterocycles. The van der Waals surface area contributed by atoms with Gasteiger partial charge in [0.1, 0.15) is 6.33 Å². The molecule has 0 unspecified atom stereocenters. The van der Waals surface area contributed by atoms with Gasteiger partial charge in [0.05, 0.1) is 16.7 Å². The van der Waals surface area contributed by atoms with Gasteiger partial charge in [0, 0.05) is 31.0 Å². The lowest BCUT2D eigenvalue weighted by Gasteiger charge is -2.13. The van der Waals surface area contributed by atoms with E-state index < -0.39 is 0 Å². The topological polar surface area (TPSA) is 50.2 Å². The first-order valence-electron chi connectivity index (χ1n) is 9.56. The lowest BCUT2D eigenvalue weighted by molar-refractivity contribution is 0.102. The number of fused-ring (bicyclic) bond motifs is 1. The Morgan fingerprint density at radius 3 is 2.41 bits per heavy atom. The van der Waals surface area contributed by atoms with Crippen molar-refractivity contribution in [2.75, 3.05) is 24.3 Å². The fraction of sp³-hybridized carbons (Fsp3) is 0.167. The molecule has 0 aliphatic heterocycles. The third-order valence-electron chi connectivity index (χ3n) is 5.06. The van der Waals surface area contributed by atoms with E-state index >= 15 is 0 Å². The number of hydrogen-bond acceptors (Lipinski definition) is 3. The van der Waals surface area contributed by atoms with Crippen LogP contribution in [0.25, 0.3) is 16.7 Å². The number of hydrogen-bond donors (Lipinski definition) is 1. The second-order valence-electron chi connectivity index (χ2n) is 7.50. The minimum absolute atomic E-state index is 0.148. The Morgan fingerprint density at radius 1 is 0.966 bits per heavy atom. The van der Waals surface area contributed by atoms with Crippen molar-refractivity contribution in [3.05, 3.63) is 83.7 Å². The number of nitrogens with zero attached hydrogens (tertiary/aromatic N) is 3. The van der Waals surface area contributed by atoms with Crippen LogP contribution in [-0.4, -0.2) is 29.6 Å². The van der Waals surface area contributed by atoms with Crippen molar-refractivity contribution in [2.45, 2.75) is 13.8 Å². The van der Waals surface area contributed by atoms with Gasteiger partial charge in [-0.15, -0.1) is 0 Å². The molecule has 0 saturated heterocycles. The summed E-state index contributed by atoms with van der Waals surface area (Å²) in [5.41, 5.74) is 7.71. The molecule has 0 spiro atoms. The predicted molar refractivity (Wildman–Crippen MR) is 119 cm³/mol. The van der Waals surface area contributed by atoms with E-state index in [1.54, 1.807) is 0 Å². The first kappa shape index (κ1) is 18.7. The normalized spacial score (nSPS) is 10.9. The summed E-state index contributed by atoms with van der Waals surface area (Å²) in [5.74, 6) is -0.148. The summed E-state index contributed by atoms with van der Waals surface area (Å²) in [5, 5.41) is 2.95. The van der Waals surface area contributed by atoms with Crippen molar-refractivity contribution in [3.8, 4) is 5.69 Å². The highest BCUT2D eigenvalue weighted by atomic mass is 16.1. The van der Waals surface area contributed by atoms with Crippen molar-refractivity contribution < 1.29 is 4.79 Å². The van der Waals surface area contributed by atoms with Gasteiger partial charge in [-0.2, -0.15) is 0 Å². The Balaban J connectivity index is 1.60. The van der Waals surface area contributed by atoms with Crippen molar-refractivity contribution in [2.24, 2.45) is 0 Å². The van der Waals surface area contributed by atoms with Crippen molar-refractivity contribution in [1.29, 1.82) is 0 Å². The zero-order valence-corrected chi connectivity index (χ0v) is 17.1. The van der Waals surface area contributed by atoms with E-state index in [-0.39, 0.29) is 5.91 Å². The highest BCUT2D eigenvalue weighted by Crippen LogP contribution is 2.23. The predicted octanol–water partition coefficient (Wildman–Crippen LogP) is 4.96. The molecule has 0 radical (unpaired) electrons. The molecule has 4 rings (SSSR count). The van der Waals surface area contributed by atoms with Gasteiger partial charge in [-0.1, -0.05) is 17.7 Å². The Hall–Kier alpha value is -3.60. The zero-order valence-electron chi connectivity index (χ0n) is 17.1. The fourth-order valence-electron chi connectivity index (χ4n) is 3.47. The SMILES string of the molecule is Cc1ccc(-n2cnc3cc(C(=O)Nc4ccc(N(C)C)cc4)ccc32)c(C)c1. The van der Waals surface area contributed by atoms with Crippen LogP contribution in [0.4, 0.5) is 11.4 Å². The number of aryl methyl sites for hydroxylation is 2. The molecular formula is C24H24N4O. The molecule has 3 aromatic carbocycles.